The smallest absolute Gasteiger partial charge is 0.317 e. The largest absolute Gasteiger partial charge is 0.417 e. The molecule has 0 saturated carbocycles. The molecule has 146 valence electrons. The van der Waals surface area contributed by atoms with Gasteiger partial charge in [0.25, 0.3) is 0 Å². The average molecular weight is 392 g/mol. The standard InChI is InChI=1S/C17H23F3N2O3S/c1-16(2,26(24,25)11-12-5-7-21-8-6-12)15(23)9-14-4-3-13(10-22-14)17(18,19)20/h3-4,10,12,21H,5-9,11H2,1-2H3. The van der Waals surface area contributed by atoms with Crippen molar-refractivity contribution in [2.45, 2.75) is 44.0 Å². The van der Waals surface area contributed by atoms with Crippen molar-refractivity contribution in [1.82, 2.24) is 10.3 Å². The van der Waals surface area contributed by atoms with Crippen molar-refractivity contribution in [2.75, 3.05) is 18.8 Å². The van der Waals surface area contributed by atoms with Crippen LogP contribution >= 0.6 is 0 Å². The number of pyridine rings is 1. The molecule has 0 atom stereocenters. The minimum atomic E-state index is -4.51. The summed E-state index contributed by atoms with van der Waals surface area (Å²) in [7, 11) is -3.70. The van der Waals surface area contributed by atoms with Gasteiger partial charge in [0, 0.05) is 11.9 Å². The number of carbonyl (C=O) groups excluding carboxylic acids is 1. The summed E-state index contributed by atoms with van der Waals surface area (Å²) in [6, 6.07) is 1.95. The lowest BCUT2D eigenvalue weighted by Gasteiger charge is -2.28. The van der Waals surface area contributed by atoms with Crippen LogP contribution in [0.2, 0.25) is 0 Å². The van der Waals surface area contributed by atoms with Crippen LogP contribution in [0.4, 0.5) is 13.2 Å². The maximum absolute atomic E-state index is 12.7. The molecule has 9 heteroatoms. The van der Waals surface area contributed by atoms with Crippen molar-refractivity contribution in [3.8, 4) is 0 Å². The van der Waals surface area contributed by atoms with Gasteiger partial charge in [-0.2, -0.15) is 13.2 Å². The highest BCUT2D eigenvalue weighted by Gasteiger charge is 2.42. The van der Waals surface area contributed by atoms with Crippen LogP contribution in [-0.2, 0) is 27.2 Å². The van der Waals surface area contributed by atoms with Gasteiger partial charge in [-0.3, -0.25) is 9.78 Å². The van der Waals surface area contributed by atoms with E-state index in [0.717, 1.165) is 38.1 Å². The van der Waals surface area contributed by atoms with E-state index in [4.69, 9.17) is 0 Å². The number of halogens is 3. The van der Waals surface area contributed by atoms with Crippen molar-refractivity contribution in [3.05, 3.63) is 29.6 Å². The Kier molecular flexibility index (Phi) is 6.12. The molecule has 1 aromatic rings. The van der Waals surface area contributed by atoms with Gasteiger partial charge >= 0.3 is 6.18 Å². The number of ketones is 1. The van der Waals surface area contributed by atoms with Crippen LogP contribution in [0, 0.1) is 5.92 Å². The monoisotopic (exact) mass is 392 g/mol. The first kappa shape index (κ1) is 20.8. The quantitative estimate of drug-likeness (QED) is 0.805. The maximum atomic E-state index is 12.7. The van der Waals surface area contributed by atoms with E-state index in [1.165, 1.54) is 13.8 Å². The number of rotatable bonds is 6. The second kappa shape index (κ2) is 7.64. The van der Waals surface area contributed by atoms with Crippen molar-refractivity contribution in [1.29, 1.82) is 0 Å². The van der Waals surface area contributed by atoms with Crippen LogP contribution < -0.4 is 5.32 Å². The van der Waals surface area contributed by atoms with Crippen molar-refractivity contribution >= 4 is 15.6 Å². The molecule has 1 aliphatic heterocycles. The summed E-state index contributed by atoms with van der Waals surface area (Å²) in [4.78, 5) is 16.2. The zero-order valence-corrected chi connectivity index (χ0v) is 15.6. The van der Waals surface area contributed by atoms with Gasteiger partial charge in [0.15, 0.2) is 15.6 Å². The Morgan fingerprint density at radius 1 is 1.23 bits per heavy atom. The fourth-order valence-electron chi connectivity index (χ4n) is 2.81. The highest BCUT2D eigenvalue weighted by atomic mass is 32.2. The minimum Gasteiger partial charge on any atom is -0.317 e. The topological polar surface area (TPSA) is 76.1 Å². The first-order valence-corrected chi connectivity index (χ1v) is 10.1. The van der Waals surface area contributed by atoms with Crippen LogP contribution in [0.25, 0.3) is 0 Å². The van der Waals surface area contributed by atoms with Gasteiger partial charge in [-0.1, -0.05) is 0 Å². The van der Waals surface area contributed by atoms with Crippen LogP contribution in [0.15, 0.2) is 18.3 Å². The van der Waals surface area contributed by atoms with Crippen molar-refractivity contribution in [3.63, 3.8) is 0 Å². The Hall–Kier alpha value is -1.48. The fourth-order valence-corrected chi connectivity index (χ4v) is 4.60. The minimum absolute atomic E-state index is 0.0116. The number of hydrogen-bond acceptors (Lipinski definition) is 5. The third-order valence-corrected chi connectivity index (χ3v) is 7.55. The average Bonchev–Trinajstić information content (AvgIpc) is 2.54. The Morgan fingerprint density at radius 2 is 1.85 bits per heavy atom. The maximum Gasteiger partial charge on any atom is 0.417 e. The third kappa shape index (κ3) is 4.82. The first-order chi connectivity index (χ1) is 11.9. The van der Waals surface area contributed by atoms with Gasteiger partial charge in [-0.15, -0.1) is 0 Å². The zero-order chi connectivity index (χ0) is 19.6. The number of hydrogen-bond donors (Lipinski definition) is 1. The summed E-state index contributed by atoms with van der Waals surface area (Å²) in [5.74, 6) is -0.621. The fraction of sp³-hybridized carbons (Fsp3) is 0.647. The number of Topliss-reactive ketones (excluding diaryl/α,β-unsaturated/α-hetero) is 1. The van der Waals surface area contributed by atoms with Gasteiger partial charge in [0.1, 0.15) is 4.75 Å². The molecule has 0 amide bonds. The lowest BCUT2D eigenvalue weighted by molar-refractivity contribution is -0.137. The molecule has 0 bridgehead atoms. The molecule has 0 aliphatic carbocycles. The summed E-state index contributed by atoms with van der Waals surface area (Å²) < 4.78 is 61.5. The van der Waals surface area contributed by atoms with E-state index < -0.39 is 32.1 Å². The van der Waals surface area contributed by atoms with Gasteiger partial charge in [-0.05, 0) is 57.8 Å². The number of alkyl halides is 3. The summed E-state index contributed by atoms with van der Waals surface area (Å²) >= 11 is 0. The Balaban J connectivity index is 2.08. The van der Waals surface area contributed by atoms with Crippen LogP contribution in [0.5, 0.6) is 0 Å². The van der Waals surface area contributed by atoms with Crippen molar-refractivity contribution < 1.29 is 26.4 Å². The Bertz CT molecular complexity index is 738. The number of nitrogens with zero attached hydrogens (tertiary/aromatic N) is 1. The lowest BCUT2D eigenvalue weighted by atomic mass is 10.0. The predicted molar refractivity (Wildman–Crippen MR) is 91.4 cm³/mol. The molecular weight excluding hydrogens is 369 g/mol. The molecule has 1 N–H and O–H groups in total. The molecule has 0 radical (unpaired) electrons. The highest BCUT2D eigenvalue weighted by molar-refractivity contribution is 7.93. The van der Waals surface area contributed by atoms with Gasteiger partial charge in [-0.25, -0.2) is 8.42 Å². The van der Waals surface area contributed by atoms with E-state index in [1.807, 2.05) is 0 Å². The number of sulfone groups is 1. The molecule has 2 rings (SSSR count). The molecule has 0 spiro atoms. The van der Waals surface area contributed by atoms with Gasteiger partial charge in [0.05, 0.1) is 17.7 Å². The van der Waals surface area contributed by atoms with E-state index >= 15 is 0 Å². The molecule has 26 heavy (non-hydrogen) atoms. The predicted octanol–water partition coefficient (Wildman–Crippen LogP) is 2.41. The second-order valence-electron chi connectivity index (χ2n) is 7.12. The summed E-state index contributed by atoms with van der Waals surface area (Å²) in [5.41, 5.74) is -0.792. The summed E-state index contributed by atoms with van der Waals surface area (Å²) in [6.45, 7) is 4.22. The van der Waals surface area contributed by atoms with E-state index in [0.29, 0.717) is 6.20 Å². The molecule has 5 nitrogen and oxygen atoms in total. The zero-order valence-electron chi connectivity index (χ0n) is 14.8. The van der Waals surface area contributed by atoms with E-state index in [1.54, 1.807) is 0 Å². The SMILES string of the molecule is CC(C)(C(=O)Cc1ccc(C(F)(F)F)cn1)S(=O)(=O)CC1CCNCC1. The molecular formula is C17H23F3N2O3S. The van der Waals surface area contributed by atoms with Gasteiger partial charge < -0.3 is 5.32 Å². The van der Waals surface area contributed by atoms with Crippen molar-refractivity contribution in [2.24, 2.45) is 5.92 Å². The molecule has 2 heterocycles. The Morgan fingerprint density at radius 3 is 2.35 bits per heavy atom. The molecule has 1 aliphatic rings. The van der Waals surface area contributed by atoms with Gasteiger partial charge in [0.2, 0.25) is 0 Å². The number of nitrogens with one attached hydrogen (secondary N) is 1. The highest BCUT2D eigenvalue weighted by Crippen LogP contribution is 2.29. The second-order valence-corrected chi connectivity index (χ2v) is 9.70. The van der Waals surface area contributed by atoms with E-state index in [-0.39, 0.29) is 23.8 Å². The van der Waals surface area contributed by atoms with Crippen LogP contribution in [-0.4, -0.2) is 42.8 Å². The van der Waals surface area contributed by atoms with Crippen LogP contribution in [0.3, 0.4) is 0 Å². The number of carbonyl (C=O) groups is 1. The molecule has 1 saturated heterocycles. The molecule has 1 aromatic heterocycles. The Labute approximate surface area is 151 Å². The van der Waals surface area contributed by atoms with Crippen LogP contribution in [0.1, 0.15) is 37.9 Å². The number of piperidine rings is 1. The first-order valence-electron chi connectivity index (χ1n) is 8.42. The van der Waals surface area contributed by atoms with E-state index in [9.17, 15) is 26.4 Å². The molecule has 0 aromatic carbocycles. The number of aromatic nitrogens is 1. The normalized spacial score (nSPS) is 17.3. The summed E-state index contributed by atoms with van der Waals surface area (Å²) in [6.07, 6.45) is -2.70. The molecule has 1 fully saturated rings. The summed E-state index contributed by atoms with van der Waals surface area (Å²) in [5, 5.41) is 3.16. The molecule has 0 unspecified atom stereocenters. The lowest BCUT2D eigenvalue weighted by Crippen LogP contribution is -2.45. The van der Waals surface area contributed by atoms with E-state index in [2.05, 4.69) is 10.3 Å². The third-order valence-electron chi connectivity index (χ3n) is 4.86.